The Morgan fingerprint density at radius 3 is 1.15 bits per heavy atom. The molecule has 0 unspecified atom stereocenters. The molecule has 0 aliphatic rings. The molecule has 0 radical (unpaired) electrons. The molecule has 0 aliphatic heterocycles. The van der Waals surface area contributed by atoms with E-state index in [0.717, 1.165) is 90.2 Å². The molecule has 4 rings (SSSR count). The summed E-state index contributed by atoms with van der Waals surface area (Å²) in [5.41, 5.74) is 4.45. The van der Waals surface area contributed by atoms with E-state index in [2.05, 4.69) is 45.1 Å². The minimum absolute atomic E-state index is 0.172. The summed E-state index contributed by atoms with van der Waals surface area (Å²) in [6.07, 6.45) is 44.5. The molecule has 0 bridgehead atoms. The number of carbonyl (C=O) groups is 2. The van der Waals surface area contributed by atoms with E-state index in [4.69, 9.17) is 28.4 Å². The minimum Gasteiger partial charge on any atom is -0.494 e. The molecule has 0 aromatic heterocycles. The van der Waals surface area contributed by atoms with E-state index in [-0.39, 0.29) is 5.97 Å². The van der Waals surface area contributed by atoms with Crippen LogP contribution in [0.2, 0.25) is 0 Å². The highest BCUT2D eigenvalue weighted by molar-refractivity contribution is 5.91. The number of unbranched alkanes of at least 4 members (excludes halogenated alkanes) is 28. The summed E-state index contributed by atoms with van der Waals surface area (Å²) in [4.78, 5) is 24.6. The topological polar surface area (TPSA) is 89.5 Å². The lowest BCUT2D eigenvalue weighted by molar-refractivity contribution is -0.143. The second-order valence-corrected chi connectivity index (χ2v) is 21.5. The largest absolute Gasteiger partial charge is 0.494 e. The van der Waals surface area contributed by atoms with Crippen LogP contribution in [0.15, 0.2) is 84.9 Å². The van der Waals surface area contributed by atoms with E-state index in [0.29, 0.717) is 50.8 Å². The van der Waals surface area contributed by atoms with Crippen LogP contribution in [0.25, 0.3) is 23.3 Å². The quantitative estimate of drug-likeness (QED) is 0.0187. The third-order valence-corrected chi connectivity index (χ3v) is 14.5. The van der Waals surface area contributed by atoms with Crippen molar-refractivity contribution in [3.05, 3.63) is 102 Å². The SMILES string of the molecule is CCCCCCCCCCCCOc1cc(/C=C/c2ccc(C(=O)Oc3ccc(-c4ccc(OCCCCOC(=O)CC)cc4)cc3)cc2)cc(OCCCCCCCCCCCC)c1OCCCCCCCCCCCC. The highest BCUT2D eigenvalue weighted by atomic mass is 16.5. The van der Waals surface area contributed by atoms with Crippen LogP contribution in [0, 0.1) is 0 Å². The first-order valence-corrected chi connectivity index (χ1v) is 31.5. The lowest BCUT2D eigenvalue weighted by Gasteiger charge is -2.18. The maximum atomic E-state index is 13.3. The minimum atomic E-state index is -0.412. The predicted molar refractivity (Wildman–Crippen MR) is 327 cm³/mol. The molecule has 0 saturated carbocycles. The Morgan fingerprint density at radius 1 is 0.359 bits per heavy atom. The summed E-state index contributed by atoms with van der Waals surface area (Å²) in [5.74, 6) is 2.92. The van der Waals surface area contributed by atoms with Crippen LogP contribution in [-0.2, 0) is 9.53 Å². The summed E-state index contributed by atoms with van der Waals surface area (Å²) >= 11 is 0. The van der Waals surface area contributed by atoms with Crippen LogP contribution in [0.5, 0.6) is 28.7 Å². The molecule has 0 fully saturated rings. The Bertz CT molecular complexity index is 2100. The molecule has 4 aromatic carbocycles. The van der Waals surface area contributed by atoms with Gasteiger partial charge in [-0.2, -0.15) is 0 Å². The third kappa shape index (κ3) is 29.7. The molecule has 0 amide bonds. The number of ether oxygens (including phenoxy) is 6. The van der Waals surface area contributed by atoms with Crippen LogP contribution in [0.4, 0.5) is 0 Å². The van der Waals surface area contributed by atoms with E-state index in [1.54, 1.807) is 6.92 Å². The van der Waals surface area contributed by atoms with E-state index < -0.39 is 5.97 Å². The average molecular weight is 1070 g/mol. The van der Waals surface area contributed by atoms with Gasteiger partial charge in [-0.15, -0.1) is 0 Å². The van der Waals surface area contributed by atoms with E-state index >= 15 is 0 Å². The fraction of sp³-hybridized carbons (Fsp3) is 0.600. The van der Waals surface area contributed by atoms with Gasteiger partial charge in [0.15, 0.2) is 11.5 Å². The van der Waals surface area contributed by atoms with Crippen LogP contribution < -0.4 is 23.7 Å². The van der Waals surface area contributed by atoms with Crippen molar-refractivity contribution in [1.82, 2.24) is 0 Å². The van der Waals surface area contributed by atoms with Gasteiger partial charge in [-0.3, -0.25) is 4.79 Å². The van der Waals surface area contributed by atoms with Gasteiger partial charge in [0.05, 0.1) is 38.6 Å². The van der Waals surface area contributed by atoms with Gasteiger partial charge >= 0.3 is 11.9 Å². The van der Waals surface area contributed by atoms with Crippen LogP contribution in [0.1, 0.15) is 261 Å². The Labute approximate surface area is 474 Å². The molecule has 78 heavy (non-hydrogen) atoms. The standard InChI is InChI=1S/C70H104O8/c1-5-9-12-15-18-21-24-27-30-33-53-74-66-57-60(58-67(75-54-34-31-28-25-22-19-16-13-10-6-2)69(66)77-56-35-32-29-26-23-20-17-14-11-7-3)39-38-59-40-42-63(43-41-59)70(72)78-65-50-46-62(47-51-65)61-44-48-64(49-45-61)73-52-36-37-55-76-68(71)8-4/h38-51,57-58H,5-37,52-56H2,1-4H3/b39-38+. The fourth-order valence-corrected chi connectivity index (χ4v) is 9.59. The Balaban J connectivity index is 1.38. The van der Waals surface area contributed by atoms with Crippen molar-refractivity contribution in [2.45, 2.75) is 240 Å². The highest BCUT2D eigenvalue weighted by Crippen LogP contribution is 2.40. The molecule has 8 heteroatoms. The van der Waals surface area contributed by atoms with Crippen molar-refractivity contribution in [3.63, 3.8) is 0 Å². The van der Waals surface area contributed by atoms with Crippen molar-refractivity contribution in [2.24, 2.45) is 0 Å². The van der Waals surface area contributed by atoms with Gasteiger partial charge in [-0.05, 0) is 103 Å². The Morgan fingerprint density at radius 2 is 0.718 bits per heavy atom. The normalized spacial score (nSPS) is 11.3. The molecule has 0 aliphatic carbocycles. The van der Waals surface area contributed by atoms with Gasteiger partial charge in [0, 0.05) is 6.42 Å². The second-order valence-electron chi connectivity index (χ2n) is 21.5. The van der Waals surface area contributed by atoms with E-state index in [1.807, 2.05) is 72.8 Å². The van der Waals surface area contributed by atoms with Crippen molar-refractivity contribution in [2.75, 3.05) is 33.0 Å². The summed E-state index contributed by atoms with van der Waals surface area (Å²) in [6.45, 7) is 11.5. The maximum Gasteiger partial charge on any atom is 0.343 e. The van der Waals surface area contributed by atoms with Gasteiger partial charge < -0.3 is 28.4 Å². The van der Waals surface area contributed by atoms with Gasteiger partial charge in [-0.25, -0.2) is 4.79 Å². The third-order valence-electron chi connectivity index (χ3n) is 14.5. The summed E-state index contributed by atoms with van der Waals surface area (Å²) in [7, 11) is 0. The first-order valence-electron chi connectivity index (χ1n) is 31.5. The lowest BCUT2D eigenvalue weighted by atomic mass is 10.1. The molecular weight excluding hydrogens is 969 g/mol. The van der Waals surface area contributed by atoms with Crippen LogP contribution in [0.3, 0.4) is 0 Å². The fourth-order valence-electron chi connectivity index (χ4n) is 9.59. The first kappa shape index (κ1) is 65.3. The van der Waals surface area contributed by atoms with E-state index in [1.165, 1.54) is 161 Å². The number of rotatable bonds is 48. The highest BCUT2D eigenvalue weighted by Gasteiger charge is 2.16. The summed E-state index contributed by atoms with van der Waals surface area (Å²) in [6, 6.07) is 27.2. The lowest BCUT2D eigenvalue weighted by Crippen LogP contribution is -2.08. The molecule has 0 atom stereocenters. The predicted octanol–water partition coefficient (Wildman–Crippen LogP) is 20.8. The van der Waals surface area contributed by atoms with Crippen molar-refractivity contribution in [1.29, 1.82) is 0 Å². The van der Waals surface area contributed by atoms with Gasteiger partial charge in [0.2, 0.25) is 5.75 Å². The van der Waals surface area contributed by atoms with Crippen LogP contribution in [-0.4, -0.2) is 45.0 Å². The average Bonchev–Trinajstić information content (AvgIpc) is 3.48. The van der Waals surface area contributed by atoms with Crippen molar-refractivity contribution < 1.29 is 38.0 Å². The van der Waals surface area contributed by atoms with Crippen LogP contribution >= 0.6 is 0 Å². The molecule has 0 N–H and O–H groups in total. The van der Waals surface area contributed by atoms with Gasteiger partial charge in [0.25, 0.3) is 0 Å². The van der Waals surface area contributed by atoms with Crippen molar-refractivity contribution >= 4 is 24.1 Å². The summed E-state index contributed by atoms with van der Waals surface area (Å²) < 4.78 is 36.8. The molecule has 4 aromatic rings. The zero-order valence-corrected chi connectivity index (χ0v) is 49.4. The second kappa shape index (κ2) is 43.6. The molecule has 0 saturated heterocycles. The number of hydrogen-bond acceptors (Lipinski definition) is 8. The molecule has 0 heterocycles. The smallest absolute Gasteiger partial charge is 0.343 e. The molecule has 0 spiro atoms. The Kier molecular flexibility index (Phi) is 36.5. The van der Waals surface area contributed by atoms with Gasteiger partial charge in [-0.1, -0.05) is 250 Å². The number of carbonyl (C=O) groups excluding carboxylic acids is 2. The number of benzene rings is 4. The Hall–Kier alpha value is -5.24. The first-order chi connectivity index (χ1) is 38.4. The molecular formula is C70H104O8. The maximum absolute atomic E-state index is 13.3. The monoisotopic (exact) mass is 1070 g/mol. The van der Waals surface area contributed by atoms with Crippen molar-refractivity contribution in [3.8, 4) is 39.9 Å². The molecule has 432 valence electrons. The zero-order chi connectivity index (χ0) is 55.4. The zero-order valence-electron chi connectivity index (χ0n) is 49.4. The molecule has 8 nitrogen and oxygen atoms in total. The van der Waals surface area contributed by atoms with E-state index in [9.17, 15) is 9.59 Å². The van der Waals surface area contributed by atoms with Gasteiger partial charge in [0.1, 0.15) is 11.5 Å². The number of hydrogen-bond donors (Lipinski definition) is 0. The summed E-state index contributed by atoms with van der Waals surface area (Å²) in [5, 5.41) is 0. The number of esters is 2.